The van der Waals surface area contributed by atoms with Crippen LogP contribution in [0.3, 0.4) is 0 Å². The highest BCUT2D eigenvalue weighted by molar-refractivity contribution is 7.85. The SMILES string of the molecule is Nc1ccc(Oc2ccc(P(=O)(c3ccc(Oc4ccc(N)cc4N)cc3)c3ccc(Oc4ccc(N)cc4N)cc3)cc2)c(N)c1. The first-order chi connectivity index (χ1) is 22.6. The molecule has 0 unspecified atom stereocenters. The van der Waals surface area contributed by atoms with E-state index in [9.17, 15) is 0 Å². The van der Waals surface area contributed by atoms with E-state index in [4.69, 9.17) is 48.6 Å². The van der Waals surface area contributed by atoms with Gasteiger partial charge in [-0.05, 0) is 127 Å². The number of nitrogens with two attached hydrogens (primary N) is 6. The molecule has 236 valence electrons. The molecule has 0 saturated heterocycles. The lowest BCUT2D eigenvalue weighted by atomic mass is 10.2. The molecular weight excluding hydrogens is 611 g/mol. The van der Waals surface area contributed by atoms with Crippen LogP contribution >= 0.6 is 7.14 Å². The molecule has 0 aliphatic rings. The van der Waals surface area contributed by atoms with Gasteiger partial charge in [0, 0.05) is 33.0 Å². The molecule has 10 nitrogen and oxygen atoms in total. The highest BCUT2D eigenvalue weighted by Gasteiger charge is 2.30. The standard InChI is InChI=1S/C36H33N6O4P/c37-22-1-16-34(31(40)19-22)44-25-4-10-28(11-5-25)47(43,29-12-6-26(7-13-29)45-35-17-2-23(38)20-32(35)41)30-14-8-27(9-15-30)46-36-18-3-24(39)21-33(36)42/h1-21H,37-42H2. The zero-order valence-corrected chi connectivity index (χ0v) is 26.1. The number of benzene rings is 6. The summed E-state index contributed by atoms with van der Waals surface area (Å²) >= 11 is 0. The van der Waals surface area contributed by atoms with Crippen LogP contribution in [0.1, 0.15) is 0 Å². The van der Waals surface area contributed by atoms with Gasteiger partial charge in [0.1, 0.15) is 34.5 Å². The van der Waals surface area contributed by atoms with Crippen LogP contribution in [0, 0.1) is 0 Å². The van der Waals surface area contributed by atoms with Crippen LogP contribution < -0.4 is 64.5 Å². The van der Waals surface area contributed by atoms with Gasteiger partial charge in [0.15, 0.2) is 7.14 Å². The smallest absolute Gasteiger partial charge is 0.171 e. The number of hydrogen-bond donors (Lipinski definition) is 6. The molecule has 0 aliphatic carbocycles. The Labute approximate surface area is 271 Å². The maximum Gasteiger partial charge on any atom is 0.171 e. The zero-order valence-electron chi connectivity index (χ0n) is 25.2. The predicted octanol–water partition coefficient (Wildman–Crippen LogP) is 6.20. The Hall–Kier alpha value is -6.25. The fraction of sp³-hybridized carbons (Fsp3) is 0. The third kappa shape index (κ3) is 6.58. The van der Waals surface area contributed by atoms with Crippen molar-refractivity contribution in [2.45, 2.75) is 0 Å². The molecule has 0 aromatic heterocycles. The van der Waals surface area contributed by atoms with Crippen molar-refractivity contribution in [3.63, 3.8) is 0 Å². The summed E-state index contributed by atoms with van der Waals surface area (Å²) in [4.78, 5) is 0. The third-order valence-corrected chi connectivity index (χ3v) is 10.5. The second-order valence-electron chi connectivity index (χ2n) is 10.8. The second kappa shape index (κ2) is 12.6. The topological polar surface area (TPSA) is 201 Å². The molecule has 0 spiro atoms. The van der Waals surface area contributed by atoms with Crippen molar-refractivity contribution in [1.82, 2.24) is 0 Å². The van der Waals surface area contributed by atoms with E-state index in [2.05, 4.69) is 0 Å². The third-order valence-electron chi connectivity index (χ3n) is 7.39. The summed E-state index contributed by atoms with van der Waals surface area (Å²) < 4.78 is 33.2. The lowest BCUT2D eigenvalue weighted by molar-refractivity contribution is 0.485. The largest absolute Gasteiger partial charge is 0.455 e. The van der Waals surface area contributed by atoms with E-state index < -0.39 is 7.14 Å². The van der Waals surface area contributed by atoms with Gasteiger partial charge in [-0.25, -0.2) is 0 Å². The summed E-state index contributed by atoms with van der Waals surface area (Å²) in [5, 5.41) is 1.76. The molecule has 47 heavy (non-hydrogen) atoms. The highest BCUT2D eigenvalue weighted by atomic mass is 31.2. The maximum absolute atomic E-state index is 15.3. The van der Waals surface area contributed by atoms with Gasteiger partial charge in [-0.15, -0.1) is 0 Å². The Morgan fingerprint density at radius 2 is 0.617 bits per heavy atom. The van der Waals surface area contributed by atoms with Crippen molar-refractivity contribution >= 4 is 57.2 Å². The first kappa shape index (κ1) is 30.8. The van der Waals surface area contributed by atoms with Crippen molar-refractivity contribution in [3.8, 4) is 34.5 Å². The van der Waals surface area contributed by atoms with Crippen LogP contribution in [0.5, 0.6) is 34.5 Å². The van der Waals surface area contributed by atoms with Crippen molar-refractivity contribution in [3.05, 3.63) is 127 Å². The molecule has 0 amide bonds. The Balaban J connectivity index is 1.34. The minimum atomic E-state index is -3.42. The number of hydrogen-bond acceptors (Lipinski definition) is 10. The molecule has 0 bridgehead atoms. The summed E-state index contributed by atoms with van der Waals surface area (Å²) in [6.07, 6.45) is 0. The van der Waals surface area contributed by atoms with Crippen molar-refractivity contribution < 1.29 is 18.8 Å². The van der Waals surface area contributed by atoms with Gasteiger partial charge in [0.2, 0.25) is 0 Å². The summed E-state index contributed by atoms with van der Waals surface area (Å²) in [6.45, 7) is 0. The normalized spacial score (nSPS) is 11.1. The second-order valence-corrected chi connectivity index (χ2v) is 13.6. The van der Waals surface area contributed by atoms with Crippen molar-refractivity contribution in [1.29, 1.82) is 0 Å². The van der Waals surface area contributed by atoms with Gasteiger partial charge in [0.25, 0.3) is 0 Å². The fourth-order valence-electron chi connectivity index (χ4n) is 4.98. The molecule has 0 saturated carbocycles. The minimum absolute atomic E-state index is 0.408. The van der Waals surface area contributed by atoms with Gasteiger partial charge in [0.05, 0.1) is 17.1 Å². The molecule has 0 aliphatic heterocycles. The summed E-state index contributed by atoms with van der Waals surface area (Å²) in [6, 6.07) is 36.3. The molecule has 0 atom stereocenters. The highest BCUT2D eigenvalue weighted by Crippen LogP contribution is 2.44. The molecule has 12 N–H and O–H groups in total. The van der Waals surface area contributed by atoms with E-state index in [0.717, 1.165) is 0 Å². The quantitative estimate of drug-likeness (QED) is 0.0778. The Bertz CT molecular complexity index is 1860. The Morgan fingerprint density at radius 3 is 0.851 bits per heavy atom. The van der Waals surface area contributed by atoms with Gasteiger partial charge in [-0.2, -0.15) is 0 Å². The van der Waals surface area contributed by atoms with E-state index >= 15 is 4.57 Å². The van der Waals surface area contributed by atoms with E-state index in [1.165, 1.54) is 0 Å². The maximum atomic E-state index is 15.3. The Kier molecular flexibility index (Phi) is 8.27. The van der Waals surface area contributed by atoms with Crippen LogP contribution in [-0.4, -0.2) is 0 Å². The predicted molar refractivity (Wildman–Crippen MR) is 192 cm³/mol. The Morgan fingerprint density at radius 1 is 0.362 bits per heavy atom. The molecule has 0 fully saturated rings. The minimum Gasteiger partial charge on any atom is -0.455 e. The van der Waals surface area contributed by atoms with Crippen LogP contribution in [0.15, 0.2) is 127 Å². The molecule has 0 heterocycles. The van der Waals surface area contributed by atoms with Gasteiger partial charge in [-0.1, -0.05) is 0 Å². The summed E-state index contributed by atoms with van der Waals surface area (Å²) in [5.41, 5.74) is 38.5. The van der Waals surface area contributed by atoms with Crippen LogP contribution in [-0.2, 0) is 4.57 Å². The first-order valence-electron chi connectivity index (χ1n) is 14.5. The van der Waals surface area contributed by atoms with Crippen LogP contribution in [0.25, 0.3) is 0 Å². The van der Waals surface area contributed by atoms with Crippen LogP contribution in [0.4, 0.5) is 34.1 Å². The van der Waals surface area contributed by atoms with Crippen molar-refractivity contribution in [2.75, 3.05) is 34.4 Å². The molecule has 0 radical (unpaired) electrons. The average Bonchev–Trinajstić information content (AvgIpc) is 3.06. The monoisotopic (exact) mass is 644 g/mol. The van der Waals surface area contributed by atoms with E-state index in [-0.39, 0.29) is 0 Å². The first-order valence-corrected chi connectivity index (χ1v) is 16.2. The number of rotatable bonds is 9. The molecular formula is C36H33N6O4P. The molecule has 6 rings (SSSR count). The molecule has 6 aromatic rings. The average molecular weight is 645 g/mol. The molecule has 11 heteroatoms. The number of ether oxygens (including phenoxy) is 3. The number of anilines is 6. The summed E-state index contributed by atoms with van der Waals surface area (Å²) in [5.74, 6) is 2.95. The van der Waals surface area contributed by atoms with Gasteiger partial charge < -0.3 is 53.2 Å². The van der Waals surface area contributed by atoms with Crippen LogP contribution in [0.2, 0.25) is 0 Å². The molecule has 6 aromatic carbocycles. The zero-order chi connectivity index (χ0) is 33.1. The van der Waals surface area contributed by atoms with E-state index in [1.54, 1.807) is 127 Å². The number of nitrogen functional groups attached to an aromatic ring is 6. The van der Waals surface area contributed by atoms with Gasteiger partial charge >= 0.3 is 0 Å². The lowest BCUT2D eigenvalue weighted by Crippen LogP contribution is -2.25. The summed E-state index contributed by atoms with van der Waals surface area (Å²) in [7, 11) is -3.42. The fourth-order valence-corrected chi connectivity index (χ4v) is 7.58. The van der Waals surface area contributed by atoms with Crippen molar-refractivity contribution in [2.24, 2.45) is 0 Å². The van der Waals surface area contributed by atoms with Gasteiger partial charge in [-0.3, -0.25) is 0 Å². The van der Waals surface area contributed by atoms with E-state index in [0.29, 0.717) is 84.5 Å². The lowest BCUT2D eigenvalue weighted by Gasteiger charge is -2.21. The van der Waals surface area contributed by atoms with E-state index in [1.807, 2.05) is 0 Å².